The lowest BCUT2D eigenvalue weighted by molar-refractivity contribution is 0.128. The van der Waals surface area contributed by atoms with Gasteiger partial charge in [0.05, 0.1) is 0 Å². The highest BCUT2D eigenvalue weighted by Crippen LogP contribution is 2.31. The number of anilines is 1. The Bertz CT molecular complexity index is 1160. The number of rotatable bonds is 3. The predicted octanol–water partition coefficient (Wildman–Crippen LogP) is 5.82. The second kappa shape index (κ2) is 7.86. The lowest BCUT2D eigenvalue weighted by Crippen LogP contribution is -2.53. The van der Waals surface area contributed by atoms with Gasteiger partial charge in [-0.25, -0.2) is 4.98 Å². The summed E-state index contributed by atoms with van der Waals surface area (Å²) in [6.07, 6.45) is 4.02. The molecule has 4 heteroatoms. The van der Waals surface area contributed by atoms with Crippen LogP contribution < -0.4 is 4.90 Å². The maximum absolute atomic E-state index is 4.68. The summed E-state index contributed by atoms with van der Waals surface area (Å²) in [5.74, 6) is 0. The third-order valence-electron chi connectivity index (χ3n) is 6.41. The van der Waals surface area contributed by atoms with E-state index < -0.39 is 0 Å². The molecule has 1 saturated heterocycles. The summed E-state index contributed by atoms with van der Waals surface area (Å²) < 4.78 is 0. The van der Waals surface area contributed by atoms with E-state index in [1.807, 2.05) is 12.3 Å². The molecular weight excluding hydrogens is 380 g/mol. The van der Waals surface area contributed by atoms with Crippen molar-refractivity contribution in [2.24, 2.45) is 0 Å². The average Bonchev–Trinajstić information content (AvgIpc) is 3.23. The SMILES string of the molecule is CC(C)(C)N1CCN(c2ccc(-c3cnc4[nH]cc(-c5ccccc5)c4c3)cc2)CC1. The molecule has 31 heavy (non-hydrogen) atoms. The lowest BCUT2D eigenvalue weighted by atomic mass is 10.0. The highest BCUT2D eigenvalue weighted by atomic mass is 15.3. The van der Waals surface area contributed by atoms with E-state index in [0.717, 1.165) is 42.8 Å². The number of pyridine rings is 1. The van der Waals surface area contributed by atoms with E-state index in [-0.39, 0.29) is 5.54 Å². The van der Waals surface area contributed by atoms with Gasteiger partial charge in [-0.05, 0) is 50.1 Å². The number of H-pyrrole nitrogens is 1. The minimum absolute atomic E-state index is 0.248. The van der Waals surface area contributed by atoms with Crippen LogP contribution in [0.15, 0.2) is 73.1 Å². The van der Waals surface area contributed by atoms with Crippen molar-refractivity contribution in [1.29, 1.82) is 0 Å². The van der Waals surface area contributed by atoms with E-state index in [1.54, 1.807) is 0 Å². The molecule has 0 unspecified atom stereocenters. The number of hydrogen-bond acceptors (Lipinski definition) is 3. The molecule has 158 valence electrons. The zero-order valence-electron chi connectivity index (χ0n) is 18.6. The number of nitrogens with zero attached hydrogens (tertiary/aromatic N) is 3. The van der Waals surface area contributed by atoms with E-state index in [9.17, 15) is 0 Å². The molecule has 1 aliphatic rings. The van der Waals surface area contributed by atoms with E-state index in [0.29, 0.717) is 0 Å². The quantitative estimate of drug-likeness (QED) is 0.462. The van der Waals surface area contributed by atoms with Crippen LogP contribution in [0.2, 0.25) is 0 Å². The summed E-state index contributed by atoms with van der Waals surface area (Å²) in [4.78, 5) is 13.0. The number of nitrogens with one attached hydrogen (secondary N) is 1. The molecule has 2 aromatic carbocycles. The first-order chi connectivity index (χ1) is 15.0. The monoisotopic (exact) mass is 410 g/mol. The topological polar surface area (TPSA) is 35.2 Å². The summed E-state index contributed by atoms with van der Waals surface area (Å²) in [5.41, 5.74) is 7.23. The number of benzene rings is 2. The number of aromatic amines is 1. The summed E-state index contributed by atoms with van der Waals surface area (Å²) >= 11 is 0. The number of fused-ring (bicyclic) bond motifs is 1. The van der Waals surface area contributed by atoms with Crippen molar-refractivity contribution in [2.75, 3.05) is 31.1 Å². The zero-order chi connectivity index (χ0) is 21.4. The molecule has 5 rings (SSSR count). The molecule has 4 aromatic rings. The van der Waals surface area contributed by atoms with Crippen LogP contribution >= 0.6 is 0 Å². The van der Waals surface area contributed by atoms with Gasteiger partial charge in [0.15, 0.2) is 0 Å². The molecule has 1 N–H and O–H groups in total. The van der Waals surface area contributed by atoms with Crippen LogP contribution in [0.1, 0.15) is 20.8 Å². The first kappa shape index (κ1) is 19.8. The fraction of sp³-hybridized carbons (Fsp3) is 0.296. The highest BCUT2D eigenvalue weighted by molar-refractivity contribution is 5.95. The molecule has 0 radical (unpaired) electrons. The van der Waals surface area contributed by atoms with Crippen molar-refractivity contribution in [2.45, 2.75) is 26.3 Å². The number of piperazine rings is 1. The standard InChI is InChI=1S/C27H30N4/c1-27(2,3)31-15-13-30(14-16-31)23-11-9-20(10-12-23)22-17-24-25(19-29-26(24)28-18-22)21-7-5-4-6-8-21/h4-12,17-19H,13-16H2,1-3H3,(H,28,29). The Labute approximate surface area is 184 Å². The second-order valence-corrected chi connectivity index (χ2v) is 9.38. The van der Waals surface area contributed by atoms with Crippen LogP contribution in [0.25, 0.3) is 33.3 Å². The summed E-state index contributed by atoms with van der Waals surface area (Å²) in [6.45, 7) is 11.3. The van der Waals surface area contributed by atoms with Crippen LogP contribution in [0.4, 0.5) is 5.69 Å². The third-order valence-corrected chi connectivity index (χ3v) is 6.41. The average molecular weight is 411 g/mol. The molecule has 0 saturated carbocycles. The third kappa shape index (κ3) is 3.96. The van der Waals surface area contributed by atoms with Gasteiger partial charge in [0.25, 0.3) is 0 Å². The normalized spacial score (nSPS) is 15.5. The van der Waals surface area contributed by atoms with Gasteiger partial charge >= 0.3 is 0 Å². The first-order valence-electron chi connectivity index (χ1n) is 11.1. The summed E-state index contributed by atoms with van der Waals surface area (Å²) in [5, 5.41) is 1.16. The van der Waals surface area contributed by atoms with Crippen LogP contribution in [0.3, 0.4) is 0 Å². The van der Waals surface area contributed by atoms with Gasteiger partial charge in [-0.2, -0.15) is 0 Å². The van der Waals surface area contributed by atoms with Crippen LogP contribution in [0.5, 0.6) is 0 Å². The van der Waals surface area contributed by atoms with Gasteiger partial charge in [0.2, 0.25) is 0 Å². The Hall–Kier alpha value is -3.11. The Morgan fingerprint density at radius 3 is 2.19 bits per heavy atom. The summed E-state index contributed by atoms with van der Waals surface area (Å²) in [7, 11) is 0. The van der Waals surface area contributed by atoms with Crippen LogP contribution in [0, 0.1) is 0 Å². The van der Waals surface area contributed by atoms with E-state index >= 15 is 0 Å². The predicted molar refractivity (Wildman–Crippen MR) is 131 cm³/mol. The Morgan fingerprint density at radius 1 is 0.806 bits per heavy atom. The molecule has 1 fully saturated rings. The molecule has 0 spiro atoms. The fourth-order valence-corrected chi connectivity index (χ4v) is 4.52. The zero-order valence-corrected chi connectivity index (χ0v) is 18.6. The number of aromatic nitrogens is 2. The van der Waals surface area contributed by atoms with Crippen molar-refractivity contribution >= 4 is 16.7 Å². The summed E-state index contributed by atoms with van der Waals surface area (Å²) in [6, 6.07) is 21.7. The van der Waals surface area contributed by atoms with Gasteiger partial charge in [-0.3, -0.25) is 4.90 Å². The molecule has 3 heterocycles. The largest absolute Gasteiger partial charge is 0.369 e. The Kier molecular flexibility index (Phi) is 5.03. The molecule has 0 amide bonds. The van der Waals surface area contributed by atoms with Gasteiger partial charge in [-0.1, -0.05) is 42.5 Å². The van der Waals surface area contributed by atoms with Gasteiger partial charge in [0.1, 0.15) is 5.65 Å². The van der Waals surface area contributed by atoms with Crippen molar-refractivity contribution in [3.05, 3.63) is 73.1 Å². The minimum Gasteiger partial charge on any atom is -0.369 e. The number of hydrogen-bond donors (Lipinski definition) is 1. The Morgan fingerprint density at radius 2 is 1.52 bits per heavy atom. The van der Waals surface area contributed by atoms with Gasteiger partial charge < -0.3 is 9.88 Å². The molecule has 0 bridgehead atoms. The fourth-order valence-electron chi connectivity index (χ4n) is 4.52. The molecule has 0 atom stereocenters. The second-order valence-electron chi connectivity index (χ2n) is 9.38. The van der Waals surface area contributed by atoms with Gasteiger partial charge in [-0.15, -0.1) is 0 Å². The van der Waals surface area contributed by atoms with Crippen molar-refractivity contribution < 1.29 is 0 Å². The van der Waals surface area contributed by atoms with Crippen LogP contribution in [-0.2, 0) is 0 Å². The van der Waals surface area contributed by atoms with Crippen LogP contribution in [-0.4, -0.2) is 46.6 Å². The maximum atomic E-state index is 4.68. The Balaban J connectivity index is 1.38. The minimum atomic E-state index is 0.248. The molecular formula is C27H30N4. The molecule has 1 aliphatic heterocycles. The lowest BCUT2D eigenvalue weighted by Gasteiger charge is -2.43. The highest BCUT2D eigenvalue weighted by Gasteiger charge is 2.25. The van der Waals surface area contributed by atoms with Crippen molar-refractivity contribution in [3.8, 4) is 22.3 Å². The molecule has 2 aromatic heterocycles. The van der Waals surface area contributed by atoms with E-state index in [4.69, 9.17) is 0 Å². The van der Waals surface area contributed by atoms with E-state index in [2.05, 4.69) is 101 Å². The first-order valence-corrected chi connectivity index (χ1v) is 11.1. The maximum Gasteiger partial charge on any atom is 0.137 e. The van der Waals surface area contributed by atoms with Crippen molar-refractivity contribution in [3.63, 3.8) is 0 Å². The smallest absolute Gasteiger partial charge is 0.137 e. The van der Waals surface area contributed by atoms with Gasteiger partial charge in [0, 0.05) is 66.3 Å². The molecule has 0 aliphatic carbocycles. The molecule has 4 nitrogen and oxygen atoms in total. The van der Waals surface area contributed by atoms with E-state index in [1.165, 1.54) is 22.4 Å². The van der Waals surface area contributed by atoms with Crippen molar-refractivity contribution in [1.82, 2.24) is 14.9 Å².